The summed E-state index contributed by atoms with van der Waals surface area (Å²) in [6.07, 6.45) is 5.08. The smallest absolute Gasteiger partial charge is 0.241 e. The number of carbonyl (C=O) groups excluding carboxylic acids is 1. The summed E-state index contributed by atoms with van der Waals surface area (Å²) in [6, 6.07) is 10.5. The zero-order chi connectivity index (χ0) is 17.2. The van der Waals surface area contributed by atoms with Crippen LogP contribution in [0.1, 0.15) is 39.0 Å². The fourth-order valence-electron chi connectivity index (χ4n) is 3.32. The molecule has 0 bridgehead atoms. The molecule has 0 aliphatic heterocycles. The molecule has 1 aliphatic rings. The van der Waals surface area contributed by atoms with Gasteiger partial charge >= 0.3 is 0 Å². The predicted octanol–water partition coefficient (Wildman–Crippen LogP) is 3.41. The molecule has 1 saturated carbocycles. The summed E-state index contributed by atoms with van der Waals surface area (Å²) in [7, 11) is -3.59. The van der Waals surface area contributed by atoms with Crippen LogP contribution >= 0.6 is 0 Å². The van der Waals surface area contributed by atoms with Crippen molar-refractivity contribution in [1.29, 1.82) is 0 Å². The Morgan fingerprint density at radius 3 is 2.38 bits per heavy atom. The van der Waals surface area contributed by atoms with E-state index >= 15 is 0 Å². The molecule has 0 radical (unpaired) electrons. The van der Waals surface area contributed by atoms with Gasteiger partial charge in [0.15, 0.2) is 0 Å². The Hall–Kier alpha value is -1.92. The van der Waals surface area contributed by atoms with E-state index in [0.29, 0.717) is 11.1 Å². The van der Waals surface area contributed by atoms with Gasteiger partial charge in [-0.3, -0.25) is 4.79 Å². The quantitative estimate of drug-likeness (QED) is 0.891. The molecule has 1 amide bonds. The highest BCUT2D eigenvalue weighted by molar-refractivity contribution is 7.89. The Morgan fingerprint density at radius 2 is 1.67 bits per heavy atom. The molecular formula is C18H22N2O3S. The predicted molar refractivity (Wildman–Crippen MR) is 95.4 cm³/mol. The Labute approximate surface area is 142 Å². The van der Waals surface area contributed by atoms with E-state index in [2.05, 4.69) is 10.0 Å². The van der Waals surface area contributed by atoms with Gasteiger partial charge in [-0.1, -0.05) is 43.5 Å². The lowest BCUT2D eigenvalue weighted by molar-refractivity contribution is -0.114. The third-order valence-corrected chi connectivity index (χ3v) is 5.99. The molecule has 0 aromatic heterocycles. The van der Waals surface area contributed by atoms with E-state index in [0.717, 1.165) is 31.1 Å². The molecule has 0 saturated heterocycles. The summed E-state index contributed by atoms with van der Waals surface area (Å²) in [5.74, 6) is -0.184. The molecule has 0 unspecified atom stereocenters. The molecule has 2 N–H and O–H groups in total. The highest BCUT2D eigenvalue weighted by Gasteiger charge is 2.23. The van der Waals surface area contributed by atoms with Gasteiger partial charge in [-0.05, 0) is 25.0 Å². The maximum Gasteiger partial charge on any atom is 0.241 e. The van der Waals surface area contributed by atoms with Crippen LogP contribution in [0.25, 0.3) is 10.8 Å². The lowest BCUT2D eigenvalue weighted by atomic mass is 9.96. The van der Waals surface area contributed by atoms with E-state index in [4.69, 9.17) is 0 Å². The normalized spacial score (nSPS) is 16.2. The average Bonchev–Trinajstić information content (AvgIpc) is 2.54. The zero-order valence-electron chi connectivity index (χ0n) is 13.7. The van der Waals surface area contributed by atoms with Gasteiger partial charge in [0, 0.05) is 29.4 Å². The Kier molecular flexibility index (Phi) is 4.87. The summed E-state index contributed by atoms with van der Waals surface area (Å²) in [6.45, 7) is 1.43. The fourth-order valence-corrected chi connectivity index (χ4v) is 4.84. The van der Waals surface area contributed by atoms with E-state index in [1.54, 1.807) is 30.3 Å². The maximum absolute atomic E-state index is 12.8. The van der Waals surface area contributed by atoms with Gasteiger partial charge in [0.25, 0.3) is 0 Å². The van der Waals surface area contributed by atoms with Crippen LogP contribution in [0.5, 0.6) is 0 Å². The Balaban J connectivity index is 2.01. The highest BCUT2D eigenvalue weighted by atomic mass is 32.2. The number of rotatable bonds is 4. The third-order valence-electron chi connectivity index (χ3n) is 4.41. The Morgan fingerprint density at radius 1 is 1.00 bits per heavy atom. The van der Waals surface area contributed by atoms with E-state index in [1.165, 1.54) is 13.3 Å². The molecular weight excluding hydrogens is 324 g/mol. The molecule has 0 spiro atoms. The first kappa shape index (κ1) is 16.9. The summed E-state index contributed by atoms with van der Waals surface area (Å²) in [4.78, 5) is 11.6. The van der Waals surface area contributed by atoms with Crippen LogP contribution in [0.2, 0.25) is 0 Å². The topological polar surface area (TPSA) is 75.3 Å². The molecule has 0 atom stereocenters. The van der Waals surface area contributed by atoms with Crippen molar-refractivity contribution in [2.24, 2.45) is 0 Å². The minimum Gasteiger partial charge on any atom is -0.326 e. The van der Waals surface area contributed by atoms with Crippen molar-refractivity contribution in [2.75, 3.05) is 5.32 Å². The summed E-state index contributed by atoms with van der Waals surface area (Å²) in [5.41, 5.74) is 0.620. The fraction of sp³-hybridized carbons (Fsp3) is 0.389. The van der Waals surface area contributed by atoms with Gasteiger partial charge in [0.1, 0.15) is 0 Å². The highest BCUT2D eigenvalue weighted by Crippen LogP contribution is 2.29. The number of sulfonamides is 1. The third kappa shape index (κ3) is 3.60. The first-order valence-electron chi connectivity index (χ1n) is 8.29. The molecule has 1 aliphatic carbocycles. The molecule has 3 rings (SSSR count). The van der Waals surface area contributed by atoms with Gasteiger partial charge in [-0.2, -0.15) is 0 Å². The van der Waals surface area contributed by atoms with Gasteiger partial charge in [-0.25, -0.2) is 13.1 Å². The molecule has 5 nitrogen and oxygen atoms in total. The van der Waals surface area contributed by atoms with Crippen LogP contribution in [-0.2, 0) is 14.8 Å². The molecule has 2 aromatic rings. The van der Waals surface area contributed by atoms with Crippen LogP contribution in [0.3, 0.4) is 0 Å². The SMILES string of the molecule is CC(=O)Nc1cccc2c(S(=O)(=O)NC3CCCCC3)cccc12. The number of anilines is 1. The number of amides is 1. The van der Waals surface area contributed by atoms with Crippen molar-refractivity contribution < 1.29 is 13.2 Å². The molecule has 6 heteroatoms. The summed E-state index contributed by atoms with van der Waals surface area (Å²) in [5, 5.41) is 4.09. The largest absolute Gasteiger partial charge is 0.326 e. The van der Waals surface area contributed by atoms with Gasteiger partial charge in [0.05, 0.1) is 4.90 Å². The molecule has 24 heavy (non-hydrogen) atoms. The lowest BCUT2D eigenvalue weighted by Crippen LogP contribution is -2.36. The number of nitrogens with one attached hydrogen (secondary N) is 2. The summed E-state index contributed by atoms with van der Waals surface area (Å²) >= 11 is 0. The number of hydrogen-bond donors (Lipinski definition) is 2. The monoisotopic (exact) mass is 346 g/mol. The van der Waals surface area contributed by atoms with Crippen molar-refractivity contribution in [3.8, 4) is 0 Å². The summed E-state index contributed by atoms with van der Waals surface area (Å²) < 4.78 is 28.5. The van der Waals surface area contributed by atoms with Crippen molar-refractivity contribution >= 4 is 32.4 Å². The van der Waals surface area contributed by atoms with E-state index < -0.39 is 10.0 Å². The minimum atomic E-state index is -3.59. The number of fused-ring (bicyclic) bond motifs is 1. The second-order valence-corrected chi connectivity index (χ2v) is 7.98. The van der Waals surface area contributed by atoms with Crippen molar-refractivity contribution in [2.45, 2.75) is 50.0 Å². The van der Waals surface area contributed by atoms with Crippen molar-refractivity contribution in [1.82, 2.24) is 4.72 Å². The minimum absolute atomic E-state index is 0.0116. The maximum atomic E-state index is 12.8. The van der Waals surface area contributed by atoms with Crippen molar-refractivity contribution in [3.63, 3.8) is 0 Å². The Bertz CT molecular complexity index is 856. The second kappa shape index (κ2) is 6.91. The van der Waals surface area contributed by atoms with E-state index in [-0.39, 0.29) is 16.8 Å². The molecule has 128 valence electrons. The van der Waals surface area contributed by atoms with E-state index in [9.17, 15) is 13.2 Å². The van der Waals surface area contributed by atoms with Crippen LogP contribution in [-0.4, -0.2) is 20.4 Å². The molecule has 2 aromatic carbocycles. The lowest BCUT2D eigenvalue weighted by Gasteiger charge is -2.23. The standard InChI is InChI=1S/C18H22N2O3S/c1-13(21)19-17-11-5-10-16-15(17)9-6-12-18(16)24(22,23)20-14-7-3-2-4-8-14/h5-6,9-12,14,20H,2-4,7-8H2,1H3,(H,19,21). The average molecular weight is 346 g/mol. The van der Waals surface area contributed by atoms with Crippen LogP contribution < -0.4 is 10.0 Å². The number of hydrogen-bond acceptors (Lipinski definition) is 3. The zero-order valence-corrected chi connectivity index (χ0v) is 14.5. The van der Waals surface area contributed by atoms with Gasteiger partial charge in [0.2, 0.25) is 15.9 Å². The molecule has 1 fully saturated rings. The first-order valence-corrected chi connectivity index (χ1v) is 9.77. The van der Waals surface area contributed by atoms with Crippen LogP contribution in [0.4, 0.5) is 5.69 Å². The second-order valence-electron chi connectivity index (χ2n) is 6.29. The van der Waals surface area contributed by atoms with Crippen molar-refractivity contribution in [3.05, 3.63) is 36.4 Å². The number of benzene rings is 2. The van der Waals surface area contributed by atoms with Crippen LogP contribution in [0.15, 0.2) is 41.3 Å². The van der Waals surface area contributed by atoms with Crippen LogP contribution in [0, 0.1) is 0 Å². The van der Waals surface area contributed by atoms with Gasteiger partial charge in [-0.15, -0.1) is 0 Å². The van der Waals surface area contributed by atoms with Gasteiger partial charge < -0.3 is 5.32 Å². The first-order chi connectivity index (χ1) is 11.5. The molecule has 0 heterocycles. The van der Waals surface area contributed by atoms with E-state index in [1.807, 2.05) is 6.07 Å². The number of carbonyl (C=O) groups is 1.